The summed E-state index contributed by atoms with van der Waals surface area (Å²) in [5.41, 5.74) is 4.12. The number of thioether (sulfide) groups is 1. The lowest BCUT2D eigenvalue weighted by Crippen LogP contribution is -2.18. The van der Waals surface area contributed by atoms with Crippen molar-refractivity contribution in [3.8, 4) is 11.5 Å². The first-order valence-electron chi connectivity index (χ1n) is 10.1. The van der Waals surface area contributed by atoms with Crippen LogP contribution >= 0.6 is 23.1 Å². The van der Waals surface area contributed by atoms with Gasteiger partial charge in [0.15, 0.2) is 4.80 Å². The first-order valence-corrected chi connectivity index (χ1v) is 12.3. The highest BCUT2D eigenvalue weighted by Crippen LogP contribution is 2.24. The Hall–Kier alpha value is -2.83. The molecule has 6 heteroatoms. The molecule has 4 rings (SSSR count). The standard InChI is InChI=1S/C25H24N2O2S2/c1-17-15-18(2)23-22(16-17)27(13-14-30-3)25(31-23)26-24(28)19-9-11-21(12-10-19)29-20-7-5-4-6-8-20/h4-12,15-16H,13-14H2,1-3H3. The smallest absolute Gasteiger partial charge is 0.279 e. The maximum atomic E-state index is 12.9. The Morgan fingerprint density at radius 3 is 2.45 bits per heavy atom. The van der Waals surface area contributed by atoms with Gasteiger partial charge >= 0.3 is 0 Å². The van der Waals surface area contributed by atoms with E-state index in [0.29, 0.717) is 11.3 Å². The number of hydrogen-bond acceptors (Lipinski definition) is 4. The predicted molar refractivity (Wildman–Crippen MR) is 131 cm³/mol. The number of amides is 1. The number of carbonyl (C=O) groups is 1. The zero-order chi connectivity index (χ0) is 21.8. The molecule has 0 aliphatic rings. The molecule has 0 saturated heterocycles. The Morgan fingerprint density at radius 1 is 1.03 bits per heavy atom. The summed E-state index contributed by atoms with van der Waals surface area (Å²) in [7, 11) is 0. The van der Waals surface area contributed by atoms with E-state index < -0.39 is 0 Å². The number of nitrogens with zero attached hydrogens (tertiary/aromatic N) is 2. The fraction of sp³-hybridized carbons (Fsp3) is 0.200. The number of fused-ring (bicyclic) bond motifs is 1. The van der Waals surface area contributed by atoms with Crippen LogP contribution in [0.25, 0.3) is 10.2 Å². The highest BCUT2D eigenvalue weighted by Gasteiger charge is 2.12. The number of aryl methyl sites for hydroxylation is 3. The van der Waals surface area contributed by atoms with Crippen molar-refractivity contribution in [1.29, 1.82) is 0 Å². The van der Waals surface area contributed by atoms with Crippen LogP contribution in [-0.2, 0) is 6.54 Å². The zero-order valence-electron chi connectivity index (χ0n) is 17.8. The lowest BCUT2D eigenvalue weighted by atomic mass is 10.1. The molecule has 1 amide bonds. The van der Waals surface area contributed by atoms with Crippen LogP contribution in [0.1, 0.15) is 21.5 Å². The van der Waals surface area contributed by atoms with Gasteiger partial charge in [-0.25, -0.2) is 0 Å². The van der Waals surface area contributed by atoms with E-state index in [0.717, 1.165) is 28.4 Å². The van der Waals surface area contributed by atoms with Gasteiger partial charge in [-0.1, -0.05) is 35.6 Å². The second kappa shape index (κ2) is 9.54. The monoisotopic (exact) mass is 448 g/mol. The first-order chi connectivity index (χ1) is 15.0. The molecule has 0 bridgehead atoms. The minimum absolute atomic E-state index is 0.245. The van der Waals surface area contributed by atoms with Gasteiger partial charge in [-0.05, 0) is 73.7 Å². The summed E-state index contributed by atoms with van der Waals surface area (Å²) in [4.78, 5) is 18.2. The molecule has 158 valence electrons. The van der Waals surface area contributed by atoms with E-state index in [1.165, 1.54) is 15.8 Å². The van der Waals surface area contributed by atoms with E-state index in [1.807, 2.05) is 30.3 Å². The van der Waals surface area contributed by atoms with Gasteiger partial charge in [-0.2, -0.15) is 16.8 Å². The highest BCUT2D eigenvalue weighted by molar-refractivity contribution is 7.98. The summed E-state index contributed by atoms with van der Waals surface area (Å²) in [6, 6.07) is 21.1. The maximum absolute atomic E-state index is 12.9. The van der Waals surface area contributed by atoms with Crippen molar-refractivity contribution in [3.05, 3.63) is 88.2 Å². The van der Waals surface area contributed by atoms with Gasteiger partial charge < -0.3 is 9.30 Å². The molecule has 0 spiro atoms. The summed E-state index contributed by atoms with van der Waals surface area (Å²) in [5, 5.41) is 0. The Balaban J connectivity index is 1.66. The average Bonchev–Trinajstić information content (AvgIpc) is 3.10. The van der Waals surface area contributed by atoms with Gasteiger partial charge in [0.05, 0.1) is 10.2 Å². The second-order valence-corrected chi connectivity index (χ2v) is 9.28. The molecule has 0 fully saturated rings. The van der Waals surface area contributed by atoms with Gasteiger partial charge in [-0.15, -0.1) is 0 Å². The minimum Gasteiger partial charge on any atom is -0.457 e. The van der Waals surface area contributed by atoms with E-state index in [-0.39, 0.29) is 5.91 Å². The molecule has 0 aliphatic carbocycles. The van der Waals surface area contributed by atoms with Crippen molar-refractivity contribution < 1.29 is 9.53 Å². The molecule has 1 heterocycles. The Bertz CT molecular complexity index is 1270. The second-order valence-electron chi connectivity index (χ2n) is 7.32. The Kier molecular flexibility index (Phi) is 6.59. The number of aromatic nitrogens is 1. The molecule has 4 nitrogen and oxygen atoms in total. The third-order valence-corrected chi connectivity index (χ3v) is 6.73. The van der Waals surface area contributed by atoms with Gasteiger partial charge in [0.1, 0.15) is 11.5 Å². The normalized spacial score (nSPS) is 11.8. The van der Waals surface area contributed by atoms with Crippen LogP contribution in [0, 0.1) is 13.8 Å². The van der Waals surface area contributed by atoms with Crippen molar-refractivity contribution in [1.82, 2.24) is 4.57 Å². The number of ether oxygens (including phenoxy) is 1. The summed E-state index contributed by atoms with van der Waals surface area (Å²) in [6.45, 7) is 5.03. The topological polar surface area (TPSA) is 43.6 Å². The van der Waals surface area contributed by atoms with Gasteiger partial charge in [0, 0.05) is 17.9 Å². The van der Waals surface area contributed by atoms with Crippen LogP contribution in [-0.4, -0.2) is 22.5 Å². The van der Waals surface area contributed by atoms with E-state index in [1.54, 1.807) is 47.4 Å². The molecule has 4 aromatic rings. The number of para-hydroxylation sites is 1. The van der Waals surface area contributed by atoms with Crippen LogP contribution in [0.2, 0.25) is 0 Å². The van der Waals surface area contributed by atoms with Gasteiger partial charge in [0.25, 0.3) is 5.91 Å². The fourth-order valence-corrected chi connectivity index (χ4v) is 4.91. The van der Waals surface area contributed by atoms with Crippen LogP contribution in [0.15, 0.2) is 71.7 Å². The minimum atomic E-state index is -0.245. The number of thiazole rings is 1. The van der Waals surface area contributed by atoms with Gasteiger partial charge in [0.2, 0.25) is 0 Å². The molecular formula is C25H24N2O2S2. The quantitative estimate of drug-likeness (QED) is 0.352. The molecule has 0 unspecified atom stereocenters. The van der Waals surface area contributed by atoms with Crippen molar-refractivity contribution in [2.24, 2.45) is 4.99 Å². The van der Waals surface area contributed by atoms with Crippen LogP contribution < -0.4 is 9.54 Å². The molecule has 0 radical (unpaired) electrons. The zero-order valence-corrected chi connectivity index (χ0v) is 19.4. The molecule has 0 atom stereocenters. The summed E-state index contributed by atoms with van der Waals surface area (Å²) < 4.78 is 9.17. The Labute approximate surface area is 190 Å². The van der Waals surface area contributed by atoms with E-state index in [4.69, 9.17) is 4.74 Å². The molecular weight excluding hydrogens is 424 g/mol. The summed E-state index contributed by atoms with van der Waals surface area (Å²) in [6.07, 6.45) is 2.09. The number of hydrogen-bond donors (Lipinski definition) is 0. The van der Waals surface area contributed by atoms with Crippen LogP contribution in [0.5, 0.6) is 11.5 Å². The van der Waals surface area contributed by atoms with Crippen LogP contribution in [0.4, 0.5) is 0 Å². The molecule has 0 saturated carbocycles. The molecule has 0 aliphatic heterocycles. The van der Waals surface area contributed by atoms with E-state index in [2.05, 4.69) is 41.8 Å². The lowest BCUT2D eigenvalue weighted by molar-refractivity contribution is 0.0998. The summed E-state index contributed by atoms with van der Waals surface area (Å²) >= 11 is 3.37. The molecule has 3 aromatic carbocycles. The number of rotatable bonds is 6. The molecule has 0 N–H and O–H groups in total. The number of carbonyl (C=O) groups excluding carboxylic acids is 1. The third-order valence-electron chi connectivity index (χ3n) is 4.91. The Morgan fingerprint density at radius 2 is 1.74 bits per heavy atom. The van der Waals surface area contributed by atoms with Crippen molar-refractivity contribution in [2.45, 2.75) is 20.4 Å². The predicted octanol–water partition coefficient (Wildman–Crippen LogP) is 6.22. The average molecular weight is 449 g/mol. The largest absolute Gasteiger partial charge is 0.457 e. The third kappa shape index (κ3) is 4.92. The van der Waals surface area contributed by atoms with E-state index >= 15 is 0 Å². The lowest BCUT2D eigenvalue weighted by Gasteiger charge is -2.06. The van der Waals surface area contributed by atoms with Crippen molar-refractivity contribution in [2.75, 3.05) is 12.0 Å². The fourth-order valence-electron chi connectivity index (χ4n) is 3.44. The maximum Gasteiger partial charge on any atom is 0.279 e. The SMILES string of the molecule is CSCCn1c(=NC(=O)c2ccc(Oc3ccccc3)cc2)sc2c(C)cc(C)cc21. The van der Waals surface area contributed by atoms with Crippen molar-refractivity contribution >= 4 is 39.2 Å². The molecule has 31 heavy (non-hydrogen) atoms. The first kappa shape index (κ1) is 21.4. The van der Waals surface area contributed by atoms with Crippen molar-refractivity contribution in [3.63, 3.8) is 0 Å². The summed E-state index contributed by atoms with van der Waals surface area (Å²) in [5.74, 6) is 2.17. The van der Waals surface area contributed by atoms with Gasteiger partial charge in [-0.3, -0.25) is 4.79 Å². The highest BCUT2D eigenvalue weighted by atomic mass is 32.2. The van der Waals surface area contributed by atoms with Crippen LogP contribution in [0.3, 0.4) is 0 Å². The number of benzene rings is 3. The molecule has 1 aromatic heterocycles. The van der Waals surface area contributed by atoms with E-state index in [9.17, 15) is 4.79 Å².